The second-order valence-corrected chi connectivity index (χ2v) is 5.24. The molecule has 3 rings (SSSR count). The number of hydrogen-bond donors (Lipinski definition) is 2. The van der Waals surface area contributed by atoms with Crippen LogP contribution in [0.1, 0.15) is 34.8 Å². The van der Waals surface area contributed by atoms with E-state index in [-0.39, 0.29) is 11.6 Å². The molecule has 3 aromatic heterocycles. The first-order valence-corrected chi connectivity index (χ1v) is 7.19. The SMILES string of the molecule is Cc1ccc(C(C)NC(=O)c2ccc(-c3ccco3)[nH]c2=O)o1. The maximum atomic E-state index is 12.3. The van der Waals surface area contributed by atoms with Crippen LogP contribution in [0.2, 0.25) is 0 Å². The second-order valence-electron chi connectivity index (χ2n) is 5.24. The van der Waals surface area contributed by atoms with Gasteiger partial charge in [0.1, 0.15) is 22.8 Å². The van der Waals surface area contributed by atoms with Gasteiger partial charge in [0.05, 0.1) is 18.0 Å². The maximum absolute atomic E-state index is 12.3. The smallest absolute Gasteiger partial charge is 0.261 e. The second kappa shape index (κ2) is 6.00. The Bertz CT molecular complexity index is 874. The molecule has 0 bridgehead atoms. The predicted octanol–water partition coefficient (Wildman–Crippen LogP) is 3.03. The first kappa shape index (κ1) is 14.9. The highest BCUT2D eigenvalue weighted by Gasteiger charge is 2.17. The zero-order valence-electron chi connectivity index (χ0n) is 12.8. The van der Waals surface area contributed by atoms with Crippen LogP contribution in [0.5, 0.6) is 0 Å². The molecule has 6 nitrogen and oxygen atoms in total. The number of carbonyl (C=O) groups is 1. The Morgan fingerprint density at radius 1 is 1.22 bits per heavy atom. The van der Waals surface area contributed by atoms with E-state index in [0.29, 0.717) is 17.2 Å². The molecule has 6 heteroatoms. The molecule has 1 unspecified atom stereocenters. The van der Waals surface area contributed by atoms with Gasteiger partial charge >= 0.3 is 0 Å². The molecule has 3 heterocycles. The zero-order valence-corrected chi connectivity index (χ0v) is 12.8. The normalized spacial score (nSPS) is 12.1. The number of pyridine rings is 1. The molecule has 1 atom stereocenters. The Hall–Kier alpha value is -3.02. The minimum atomic E-state index is -0.473. The highest BCUT2D eigenvalue weighted by Crippen LogP contribution is 2.17. The van der Waals surface area contributed by atoms with Crippen molar-refractivity contribution < 1.29 is 13.6 Å². The van der Waals surface area contributed by atoms with Crippen molar-refractivity contribution in [2.45, 2.75) is 19.9 Å². The van der Waals surface area contributed by atoms with E-state index in [1.54, 1.807) is 31.2 Å². The van der Waals surface area contributed by atoms with E-state index < -0.39 is 11.5 Å². The molecule has 0 aromatic carbocycles. The number of carbonyl (C=O) groups excluding carboxylic acids is 1. The van der Waals surface area contributed by atoms with E-state index in [0.717, 1.165) is 5.76 Å². The Kier molecular flexibility index (Phi) is 3.89. The molecule has 0 saturated carbocycles. The topological polar surface area (TPSA) is 88.2 Å². The lowest BCUT2D eigenvalue weighted by molar-refractivity contribution is 0.0933. The molecule has 23 heavy (non-hydrogen) atoms. The van der Waals surface area contributed by atoms with Crippen molar-refractivity contribution in [3.8, 4) is 11.5 Å². The van der Waals surface area contributed by atoms with Crippen LogP contribution < -0.4 is 10.9 Å². The van der Waals surface area contributed by atoms with Crippen LogP contribution in [-0.2, 0) is 0 Å². The lowest BCUT2D eigenvalue weighted by Crippen LogP contribution is -2.31. The van der Waals surface area contributed by atoms with Crippen molar-refractivity contribution >= 4 is 5.91 Å². The molecule has 0 fully saturated rings. The third kappa shape index (κ3) is 3.11. The summed E-state index contributed by atoms with van der Waals surface area (Å²) >= 11 is 0. The average Bonchev–Trinajstić information content (AvgIpc) is 3.18. The predicted molar refractivity (Wildman–Crippen MR) is 84.1 cm³/mol. The molecular formula is C17H16N2O4. The van der Waals surface area contributed by atoms with Crippen LogP contribution in [-0.4, -0.2) is 10.9 Å². The molecule has 0 saturated heterocycles. The number of aryl methyl sites for hydroxylation is 1. The zero-order chi connectivity index (χ0) is 16.4. The Labute approximate surface area is 132 Å². The van der Waals surface area contributed by atoms with E-state index in [4.69, 9.17) is 8.83 Å². The van der Waals surface area contributed by atoms with Crippen molar-refractivity contribution in [2.24, 2.45) is 0 Å². The van der Waals surface area contributed by atoms with Crippen LogP contribution in [0.3, 0.4) is 0 Å². The number of amides is 1. The highest BCUT2D eigenvalue weighted by atomic mass is 16.3. The van der Waals surface area contributed by atoms with Gasteiger partial charge in [-0.3, -0.25) is 9.59 Å². The summed E-state index contributed by atoms with van der Waals surface area (Å²) in [7, 11) is 0. The van der Waals surface area contributed by atoms with Crippen LogP contribution in [0, 0.1) is 6.92 Å². The fourth-order valence-electron chi connectivity index (χ4n) is 2.26. The van der Waals surface area contributed by atoms with E-state index in [1.807, 2.05) is 13.0 Å². The van der Waals surface area contributed by atoms with Crippen molar-refractivity contribution in [2.75, 3.05) is 0 Å². The standard InChI is InChI=1S/C17H16N2O4/c1-10-5-8-14(23-10)11(2)18-16(20)12-6-7-13(19-17(12)21)15-4-3-9-22-15/h3-9,11H,1-2H3,(H,18,20)(H,19,21). The van der Waals surface area contributed by atoms with Gasteiger partial charge < -0.3 is 19.1 Å². The fourth-order valence-corrected chi connectivity index (χ4v) is 2.26. The van der Waals surface area contributed by atoms with Gasteiger partial charge in [-0.05, 0) is 50.2 Å². The van der Waals surface area contributed by atoms with E-state index in [1.165, 1.54) is 12.3 Å². The molecule has 0 aliphatic heterocycles. The molecule has 3 aromatic rings. The quantitative estimate of drug-likeness (QED) is 0.775. The summed E-state index contributed by atoms with van der Waals surface area (Å²) in [5.74, 6) is 1.48. The van der Waals surface area contributed by atoms with Crippen LogP contribution in [0.4, 0.5) is 0 Å². The third-order valence-corrected chi connectivity index (χ3v) is 3.48. The molecule has 118 valence electrons. The van der Waals surface area contributed by atoms with Crippen molar-refractivity contribution in [1.29, 1.82) is 0 Å². The van der Waals surface area contributed by atoms with Crippen molar-refractivity contribution in [1.82, 2.24) is 10.3 Å². The molecule has 0 aliphatic carbocycles. The van der Waals surface area contributed by atoms with Crippen LogP contribution in [0.15, 0.2) is 56.3 Å². The fraction of sp³-hybridized carbons (Fsp3) is 0.176. The Balaban J connectivity index is 1.78. The van der Waals surface area contributed by atoms with Crippen molar-refractivity contribution in [3.63, 3.8) is 0 Å². The molecule has 0 aliphatic rings. The van der Waals surface area contributed by atoms with Gasteiger partial charge in [0.25, 0.3) is 11.5 Å². The Morgan fingerprint density at radius 2 is 2.04 bits per heavy atom. The molecular weight excluding hydrogens is 296 g/mol. The largest absolute Gasteiger partial charge is 0.464 e. The Morgan fingerprint density at radius 3 is 2.65 bits per heavy atom. The summed E-state index contributed by atoms with van der Waals surface area (Å²) in [5, 5.41) is 2.74. The van der Waals surface area contributed by atoms with Gasteiger partial charge in [-0.25, -0.2) is 0 Å². The summed E-state index contributed by atoms with van der Waals surface area (Å²) < 4.78 is 10.7. The van der Waals surface area contributed by atoms with Crippen LogP contribution in [0.25, 0.3) is 11.5 Å². The third-order valence-electron chi connectivity index (χ3n) is 3.48. The van der Waals surface area contributed by atoms with Gasteiger partial charge in [-0.1, -0.05) is 0 Å². The number of aromatic amines is 1. The van der Waals surface area contributed by atoms with E-state index in [9.17, 15) is 9.59 Å². The van der Waals surface area contributed by atoms with E-state index in [2.05, 4.69) is 10.3 Å². The van der Waals surface area contributed by atoms with Crippen LogP contribution >= 0.6 is 0 Å². The van der Waals surface area contributed by atoms with Gasteiger partial charge in [0, 0.05) is 0 Å². The monoisotopic (exact) mass is 312 g/mol. The summed E-state index contributed by atoms with van der Waals surface area (Å²) in [5.41, 5.74) is 0.0842. The first-order valence-electron chi connectivity index (χ1n) is 7.19. The lowest BCUT2D eigenvalue weighted by atomic mass is 10.2. The average molecular weight is 312 g/mol. The minimum Gasteiger partial charge on any atom is -0.464 e. The van der Waals surface area contributed by atoms with Gasteiger partial charge in [0.2, 0.25) is 0 Å². The number of furan rings is 2. The summed E-state index contributed by atoms with van der Waals surface area (Å²) in [6.07, 6.45) is 1.52. The highest BCUT2D eigenvalue weighted by molar-refractivity contribution is 5.94. The lowest BCUT2D eigenvalue weighted by Gasteiger charge is -2.11. The van der Waals surface area contributed by atoms with Gasteiger partial charge in [-0.2, -0.15) is 0 Å². The number of hydrogen-bond acceptors (Lipinski definition) is 4. The van der Waals surface area contributed by atoms with Crippen molar-refractivity contribution in [3.05, 3.63) is 70.1 Å². The number of aromatic nitrogens is 1. The van der Waals surface area contributed by atoms with E-state index >= 15 is 0 Å². The van der Waals surface area contributed by atoms with Gasteiger partial charge in [0.15, 0.2) is 0 Å². The number of rotatable bonds is 4. The maximum Gasteiger partial charge on any atom is 0.261 e. The molecule has 0 spiro atoms. The summed E-state index contributed by atoms with van der Waals surface area (Å²) in [6.45, 7) is 3.62. The number of nitrogens with one attached hydrogen (secondary N) is 2. The molecule has 0 radical (unpaired) electrons. The minimum absolute atomic E-state index is 0.0374. The van der Waals surface area contributed by atoms with Gasteiger partial charge in [-0.15, -0.1) is 0 Å². The summed E-state index contributed by atoms with van der Waals surface area (Å²) in [6, 6.07) is 9.85. The molecule has 1 amide bonds. The summed E-state index contributed by atoms with van der Waals surface area (Å²) in [4.78, 5) is 27.0. The molecule has 2 N–H and O–H groups in total. The first-order chi connectivity index (χ1) is 11.0. The number of H-pyrrole nitrogens is 1.